The zero-order valence-electron chi connectivity index (χ0n) is 27.1. The molecule has 0 saturated heterocycles. The zero-order chi connectivity index (χ0) is 36.3. The molecule has 1 saturated carbocycles. The average molecular weight is 723 g/mol. The van der Waals surface area contributed by atoms with Crippen LogP contribution >= 0.6 is 7.14 Å². The van der Waals surface area contributed by atoms with E-state index in [0.29, 0.717) is 25.5 Å². The third-order valence-corrected chi connectivity index (χ3v) is 9.88. The smallest absolute Gasteiger partial charge is 0.419 e. The van der Waals surface area contributed by atoms with Crippen LogP contribution in [-0.4, -0.2) is 76.5 Å². The Balaban J connectivity index is 1.20. The van der Waals surface area contributed by atoms with Crippen LogP contribution in [0.1, 0.15) is 47.2 Å². The second-order valence-electron chi connectivity index (χ2n) is 12.5. The van der Waals surface area contributed by atoms with Gasteiger partial charge in [-0.1, -0.05) is 36.4 Å². The third kappa shape index (κ3) is 8.96. The standard InChI is InChI=1S/C33H36F5N6O5P/c1-50(2,48)28-23(29(45)46)11-10-22-24(15-40-27(22)28)26-25(33(36,37)38)16-41-30(44-26)43-21-9-8-20(14-21)39-13-12-32(34,35)18-42-31(47)49-17-19-6-4-3-5-7-19/h3-7,10-11,15-16,20-21,39-40H,8-9,12-14,17-18H2,1-2H3,(H,42,47)(H,45,46)(H,41,43,44)/t20-,21-/m0/s1. The molecule has 268 valence electrons. The van der Waals surface area contributed by atoms with Crippen molar-refractivity contribution in [2.24, 2.45) is 0 Å². The van der Waals surface area contributed by atoms with Gasteiger partial charge in [0.05, 0.1) is 23.3 Å². The summed E-state index contributed by atoms with van der Waals surface area (Å²) < 4.78 is 89.3. The number of carboxylic acid groups (broad SMARTS) is 1. The van der Waals surface area contributed by atoms with Crippen LogP contribution in [0.2, 0.25) is 0 Å². The number of nitrogens with one attached hydrogen (secondary N) is 4. The number of amides is 1. The molecule has 5 rings (SSSR count). The lowest BCUT2D eigenvalue weighted by atomic mass is 10.0. The molecule has 50 heavy (non-hydrogen) atoms. The maximum absolute atomic E-state index is 14.4. The van der Waals surface area contributed by atoms with Gasteiger partial charge in [0.2, 0.25) is 5.95 Å². The van der Waals surface area contributed by atoms with E-state index in [-0.39, 0.29) is 58.5 Å². The highest BCUT2D eigenvalue weighted by molar-refractivity contribution is 7.70. The molecule has 1 aliphatic carbocycles. The zero-order valence-corrected chi connectivity index (χ0v) is 28.0. The number of benzene rings is 2. The molecule has 0 bridgehead atoms. The lowest BCUT2D eigenvalue weighted by molar-refractivity contribution is -0.137. The number of carbonyl (C=O) groups excluding carboxylic acids is 1. The van der Waals surface area contributed by atoms with Gasteiger partial charge in [-0.2, -0.15) is 13.2 Å². The van der Waals surface area contributed by atoms with E-state index in [9.17, 15) is 41.2 Å². The fourth-order valence-electron chi connectivity index (χ4n) is 5.98. The molecule has 4 aromatic rings. The van der Waals surface area contributed by atoms with E-state index >= 15 is 0 Å². The molecule has 2 aromatic carbocycles. The molecule has 5 N–H and O–H groups in total. The molecule has 11 nitrogen and oxygen atoms in total. The summed E-state index contributed by atoms with van der Waals surface area (Å²) in [7, 11) is -3.20. The van der Waals surface area contributed by atoms with Crippen molar-refractivity contribution in [3.8, 4) is 11.3 Å². The maximum atomic E-state index is 14.4. The first-order valence-electron chi connectivity index (χ1n) is 15.7. The number of ether oxygens (including phenoxy) is 1. The van der Waals surface area contributed by atoms with E-state index in [2.05, 4.69) is 30.9 Å². The quantitative estimate of drug-likeness (QED) is 0.0771. The molecule has 0 spiro atoms. The Morgan fingerprint density at radius 3 is 2.46 bits per heavy atom. The SMILES string of the molecule is CP(C)(=O)c1c(C(=O)O)ccc2c(-c3nc(N[C@H]4CC[C@H](NCCC(F)(F)CNC(=O)OCc5ccccc5)C4)ncc3C(F)(F)F)c[nH]c12. The Labute approximate surface area is 283 Å². The van der Waals surface area contributed by atoms with Crippen molar-refractivity contribution in [2.45, 2.75) is 56.5 Å². The Bertz CT molecular complexity index is 1900. The summed E-state index contributed by atoms with van der Waals surface area (Å²) in [4.78, 5) is 34.6. The van der Waals surface area contributed by atoms with E-state index in [1.54, 1.807) is 30.3 Å². The molecule has 2 heterocycles. The van der Waals surface area contributed by atoms with Crippen molar-refractivity contribution in [1.29, 1.82) is 0 Å². The van der Waals surface area contributed by atoms with E-state index < -0.39 is 55.5 Å². The molecule has 2 aromatic heterocycles. The second-order valence-corrected chi connectivity index (χ2v) is 15.7. The Kier molecular flexibility index (Phi) is 10.8. The predicted molar refractivity (Wildman–Crippen MR) is 178 cm³/mol. The van der Waals surface area contributed by atoms with Gasteiger partial charge in [0, 0.05) is 53.7 Å². The van der Waals surface area contributed by atoms with Crippen LogP contribution in [0.25, 0.3) is 22.2 Å². The van der Waals surface area contributed by atoms with Crippen LogP contribution in [0.5, 0.6) is 0 Å². The van der Waals surface area contributed by atoms with Crippen LogP contribution in [0, 0.1) is 0 Å². The number of fused-ring (bicyclic) bond motifs is 1. The molecule has 1 aliphatic rings. The first-order valence-corrected chi connectivity index (χ1v) is 18.3. The minimum Gasteiger partial charge on any atom is -0.478 e. The molecule has 0 unspecified atom stereocenters. The van der Waals surface area contributed by atoms with Crippen molar-refractivity contribution >= 4 is 41.4 Å². The molecule has 17 heteroatoms. The Morgan fingerprint density at radius 2 is 1.78 bits per heavy atom. The largest absolute Gasteiger partial charge is 0.478 e. The topological polar surface area (TPSA) is 158 Å². The number of rotatable bonds is 13. The second kappa shape index (κ2) is 14.7. The van der Waals surface area contributed by atoms with Gasteiger partial charge in [-0.05, 0) is 44.2 Å². The van der Waals surface area contributed by atoms with Crippen molar-refractivity contribution in [3.63, 3.8) is 0 Å². The number of aromatic nitrogens is 3. The van der Waals surface area contributed by atoms with Crippen molar-refractivity contribution < 1.29 is 45.9 Å². The summed E-state index contributed by atoms with van der Waals surface area (Å²) >= 11 is 0. The fraction of sp³-hybridized carbons (Fsp3) is 0.394. The number of halogens is 5. The number of aromatic carboxylic acids is 1. The first-order chi connectivity index (χ1) is 23.5. The number of aromatic amines is 1. The van der Waals surface area contributed by atoms with Crippen molar-refractivity contribution in [1.82, 2.24) is 25.6 Å². The highest BCUT2D eigenvalue weighted by atomic mass is 31.2. The molecular formula is C33H36F5N6O5P. The van der Waals surface area contributed by atoms with Gasteiger partial charge in [-0.25, -0.2) is 28.3 Å². The van der Waals surface area contributed by atoms with Crippen LogP contribution in [-0.2, 0) is 22.1 Å². The number of H-pyrrole nitrogens is 1. The normalized spacial score (nSPS) is 16.8. The Morgan fingerprint density at radius 1 is 1.06 bits per heavy atom. The van der Waals surface area contributed by atoms with Crippen LogP contribution < -0.4 is 21.3 Å². The number of hydrogen-bond acceptors (Lipinski definition) is 8. The summed E-state index contributed by atoms with van der Waals surface area (Å²) in [5, 5.41) is 18.1. The molecular weight excluding hydrogens is 686 g/mol. The molecule has 0 aliphatic heterocycles. The van der Waals surface area contributed by atoms with Crippen LogP contribution in [0.15, 0.2) is 54.9 Å². The number of hydrogen-bond donors (Lipinski definition) is 5. The molecule has 1 amide bonds. The van der Waals surface area contributed by atoms with Crippen LogP contribution in [0.4, 0.5) is 32.7 Å². The van der Waals surface area contributed by atoms with Crippen molar-refractivity contribution in [3.05, 3.63) is 71.5 Å². The number of alkyl halides is 5. The first kappa shape index (κ1) is 36.7. The molecule has 2 atom stereocenters. The summed E-state index contributed by atoms with van der Waals surface area (Å²) in [6.07, 6.45) is -2.75. The molecule has 1 fully saturated rings. The number of anilines is 1. The third-order valence-electron chi connectivity index (χ3n) is 8.34. The monoisotopic (exact) mass is 722 g/mol. The predicted octanol–water partition coefficient (Wildman–Crippen LogP) is 6.46. The van der Waals surface area contributed by atoms with Crippen molar-refractivity contribution in [2.75, 3.05) is 31.7 Å². The van der Waals surface area contributed by atoms with Gasteiger partial charge < -0.3 is 35.3 Å². The number of nitrogens with zero attached hydrogens (tertiary/aromatic N) is 2. The van der Waals surface area contributed by atoms with Gasteiger partial charge in [-0.3, -0.25) is 0 Å². The average Bonchev–Trinajstić information content (AvgIpc) is 3.68. The number of carboxylic acids is 1. The number of carbonyl (C=O) groups is 2. The minimum atomic E-state index is -4.82. The highest BCUT2D eigenvalue weighted by Crippen LogP contribution is 2.43. The van der Waals surface area contributed by atoms with Gasteiger partial charge in [-0.15, -0.1) is 0 Å². The highest BCUT2D eigenvalue weighted by Gasteiger charge is 2.37. The summed E-state index contributed by atoms with van der Waals surface area (Å²) in [6.45, 7) is 1.78. The van der Waals surface area contributed by atoms with Gasteiger partial charge in [0.25, 0.3) is 5.92 Å². The maximum Gasteiger partial charge on any atom is 0.419 e. The molecule has 0 radical (unpaired) electrons. The fourth-order valence-corrected chi connectivity index (χ4v) is 7.45. The number of alkyl carbamates (subject to hydrolysis) is 1. The van der Waals surface area contributed by atoms with Gasteiger partial charge >= 0.3 is 18.2 Å². The lowest BCUT2D eigenvalue weighted by Gasteiger charge is -2.19. The van der Waals surface area contributed by atoms with E-state index in [1.807, 2.05) is 0 Å². The van der Waals surface area contributed by atoms with Crippen LogP contribution in [0.3, 0.4) is 0 Å². The van der Waals surface area contributed by atoms with E-state index in [1.165, 1.54) is 31.7 Å². The van der Waals surface area contributed by atoms with Gasteiger partial charge in [0.1, 0.15) is 19.3 Å². The summed E-state index contributed by atoms with van der Waals surface area (Å²) in [6, 6.07) is 11.0. The van der Waals surface area contributed by atoms with Gasteiger partial charge in [0.15, 0.2) is 0 Å². The summed E-state index contributed by atoms with van der Waals surface area (Å²) in [5.74, 6) is -4.59. The lowest BCUT2D eigenvalue weighted by Crippen LogP contribution is -2.40. The van der Waals surface area contributed by atoms with E-state index in [0.717, 1.165) is 5.56 Å². The van der Waals surface area contributed by atoms with E-state index in [4.69, 9.17) is 4.74 Å². The Hall–Kier alpha value is -4.56. The summed E-state index contributed by atoms with van der Waals surface area (Å²) in [5.41, 5.74) is -0.900. The minimum absolute atomic E-state index is 0.00887.